The lowest BCUT2D eigenvalue weighted by atomic mass is 10.2. The number of carbonyl (C=O) groups is 2. The van der Waals surface area contributed by atoms with Crippen molar-refractivity contribution in [3.8, 4) is 17.1 Å². The van der Waals surface area contributed by atoms with E-state index in [9.17, 15) is 14.7 Å². The molecule has 2 heterocycles. The zero-order chi connectivity index (χ0) is 19.1. The van der Waals surface area contributed by atoms with Gasteiger partial charge in [-0.3, -0.25) is 9.59 Å². The average molecular weight is 370 g/mol. The molecule has 3 aromatic rings. The molecule has 0 aliphatic carbocycles. The molecule has 3 N–H and O–H groups in total. The number of hydrogen-bond acceptors (Lipinski definition) is 7. The van der Waals surface area contributed by atoms with Gasteiger partial charge < -0.3 is 24.7 Å². The van der Waals surface area contributed by atoms with E-state index in [0.717, 1.165) is 0 Å². The van der Waals surface area contributed by atoms with Crippen molar-refractivity contribution in [2.24, 2.45) is 0 Å². The van der Waals surface area contributed by atoms with E-state index < -0.39 is 5.91 Å². The standard InChI is InChI=1S/C18H18N4O5/c23-14-4-2-1-3-13(14)18(25)20-9-8-19-15(24)5-6-16-21-17(22-27-16)12-7-10-26-11-12/h1-4,7,10-11,23H,5-6,8-9H2,(H,19,24)(H,20,25). The van der Waals surface area contributed by atoms with Crippen LogP contribution < -0.4 is 10.6 Å². The third-order valence-corrected chi connectivity index (χ3v) is 3.69. The van der Waals surface area contributed by atoms with Crippen LogP contribution >= 0.6 is 0 Å². The summed E-state index contributed by atoms with van der Waals surface area (Å²) >= 11 is 0. The van der Waals surface area contributed by atoms with Gasteiger partial charge in [-0.1, -0.05) is 17.3 Å². The molecule has 0 bridgehead atoms. The number of aromatic hydroxyl groups is 1. The molecule has 140 valence electrons. The highest BCUT2D eigenvalue weighted by Gasteiger charge is 2.12. The van der Waals surface area contributed by atoms with Gasteiger partial charge in [-0.2, -0.15) is 4.98 Å². The monoisotopic (exact) mass is 370 g/mol. The number of amides is 2. The summed E-state index contributed by atoms with van der Waals surface area (Å²) in [7, 11) is 0. The van der Waals surface area contributed by atoms with Crippen molar-refractivity contribution in [1.29, 1.82) is 0 Å². The fourth-order valence-electron chi connectivity index (χ4n) is 2.31. The summed E-state index contributed by atoms with van der Waals surface area (Å²) in [6.07, 6.45) is 3.50. The summed E-state index contributed by atoms with van der Waals surface area (Å²) in [5.74, 6) is 0.0727. The number of carbonyl (C=O) groups excluding carboxylic acids is 2. The molecule has 0 aliphatic rings. The SMILES string of the molecule is O=C(CCc1nc(-c2ccoc2)no1)NCCNC(=O)c1ccccc1O. The molecule has 1 aromatic carbocycles. The smallest absolute Gasteiger partial charge is 0.255 e. The number of nitrogens with one attached hydrogen (secondary N) is 2. The number of rotatable bonds is 8. The zero-order valence-electron chi connectivity index (χ0n) is 14.3. The fraction of sp³-hybridized carbons (Fsp3) is 0.222. The van der Waals surface area contributed by atoms with Crippen molar-refractivity contribution in [1.82, 2.24) is 20.8 Å². The van der Waals surface area contributed by atoms with E-state index in [-0.39, 0.29) is 36.7 Å². The molecule has 0 radical (unpaired) electrons. The van der Waals surface area contributed by atoms with Crippen LogP contribution in [0.25, 0.3) is 11.4 Å². The first-order chi connectivity index (χ1) is 13.1. The minimum atomic E-state index is -0.403. The molecule has 0 saturated heterocycles. The van der Waals surface area contributed by atoms with Gasteiger partial charge in [-0.05, 0) is 18.2 Å². The molecule has 27 heavy (non-hydrogen) atoms. The first kappa shape index (κ1) is 18.2. The summed E-state index contributed by atoms with van der Waals surface area (Å²) < 4.78 is 10.0. The van der Waals surface area contributed by atoms with Crippen LogP contribution in [0.2, 0.25) is 0 Å². The molecule has 0 fully saturated rings. The largest absolute Gasteiger partial charge is 0.507 e. The predicted octanol–water partition coefficient (Wildman–Crippen LogP) is 1.51. The number of hydrogen-bond donors (Lipinski definition) is 3. The second kappa shape index (κ2) is 8.65. The molecule has 3 rings (SSSR count). The Morgan fingerprint density at radius 2 is 1.93 bits per heavy atom. The normalized spacial score (nSPS) is 10.5. The molecule has 9 heteroatoms. The summed E-state index contributed by atoms with van der Waals surface area (Å²) in [6, 6.07) is 7.96. The molecular weight excluding hydrogens is 352 g/mol. The molecule has 0 spiro atoms. The van der Waals surface area contributed by atoms with Gasteiger partial charge in [-0.15, -0.1) is 0 Å². The number of furan rings is 1. The Labute approximate surface area is 154 Å². The van der Waals surface area contributed by atoms with Crippen LogP contribution in [0, 0.1) is 0 Å². The topological polar surface area (TPSA) is 130 Å². The van der Waals surface area contributed by atoms with E-state index in [1.807, 2.05) is 0 Å². The third kappa shape index (κ3) is 4.94. The summed E-state index contributed by atoms with van der Waals surface area (Å²) in [5.41, 5.74) is 0.892. The third-order valence-electron chi connectivity index (χ3n) is 3.69. The number of phenols is 1. The van der Waals surface area contributed by atoms with Crippen molar-refractivity contribution in [3.63, 3.8) is 0 Å². The molecule has 0 aliphatic heterocycles. The average Bonchev–Trinajstić information content (AvgIpc) is 3.35. The van der Waals surface area contributed by atoms with Gasteiger partial charge >= 0.3 is 0 Å². The van der Waals surface area contributed by atoms with Gasteiger partial charge in [-0.25, -0.2) is 0 Å². The maximum Gasteiger partial charge on any atom is 0.255 e. The second-order valence-electron chi connectivity index (χ2n) is 5.65. The first-order valence-corrected chi connectivity index (χ1v) is 8.31. The van der Waals surface area contributed by atoms with Gasteiger partial charge in [0.15, 0.2) is 0 Å². The lowest BCUT2D eigenvalue weighted by molar-refractivity contribution is -0.121. The highest BCUT2D eigenvalue weighted by Crippen LogP contribution is 2.16. The van der Waals surface area contributed by atoms with E-state index in [1.165, 1.54) is 24.7 Å². The van der Waals surface area contributed by atoms with Crippen molar-refractivity contribution in [3.05, 3.63) is 54.3 Å². The number of phenolic OH excluding ortho intramolecular Hbond substituents is 1. The molecule has 0 atom stereocenters. The van der Waals surface area contributed by atoms with Crippen molar-refractivity contribution >= 4 is 11.8 Å². The van der Waals surface area contributed by atoms with Gasteiger partial charge in [0.05, 0.1) is 17.4 Å². The van der Waals surface area contributed by atoms with E-state index in [2.05, 4.69) is 20.8 Å². The maximum absolute atomic E-state index is 11.9. The molecule has 2 amide bonds. The van der Waals surface area contributed by atoms with Crippen LogP contribution in [0.3, 0.4) is 0 Å². The predicted molar refractivity (Wildman–Crippen MR) is 93.8 cm³/mol. The second-order valence-corrected chi connectivity index (χ2v) is 5.65. The van der Waals surface area contributed by atoms with Gasteiger partial charge in [0.1, 0.15) is 12.0 Å². The Morgan fingerprint density at radius 3 is 2.70 bits per heavy atom. The summed E-state index contributed by atoms with van der Waals surface area (Å²) in [4.78, 5) is 27.9. The Balaban J connectivity index is 1.35. The summed E-state index contributed by atoms with van der Waals surface area (Å²) in [6.45, 7) is 0.506. The van der Waals surface area contributed by atoms with Crippen LogP contribution in [0.1, 0.15) is 22.7 Å². The highest BCUT2D eigenvalue weighted by atomic mass is 16.5. The molecular formula is C18H18N4O5. The fourth-order valence-corrected chi connectivity index (χ4v) is 2.31. The number of benzene rings is 1. The summed E-state index contributed by atoms with van der Waals surface area (Å²) in [5, 5.41) is 18.7. The lowest BCUT2D eigenvalue weighted by Gasteiger charge is -2.07. The minimum absolute atomic E-state index is 0.0895. The number of aryl methyl sites for hydroxylation is 1. The molecule has 9 nitrogen and oxygen atoms in total. The van der Waals surface area contributed by atoms with Crippen molar-refractivity contribution in [2.75, 3.05) is 13.1 Å². The molecule has 0 unspecified atom stereocenters. The van der Waals surface area contributed by atoms with Crippen LogP contribution in [-0.4, -0.2) is 40.2 Å². The lowest BCUT2D eigenvalue weighted by Crippen LogP contribution is -2.34. The highest BCUT2D eigenvalue weighted by molar-refractivity contribution is 5.96. The van der Waals surface area contributed by atoms with Crippen molar-refractivity contribution < 1.29 is 23.6 Å². The van der Waals surface area contributed by atoms with E-state index in [0.29, 0.717) is 23.7 Å². The Morgan fingerprint density at radius 1 is 1.11 bits per heavy atom. The Hall–Kier alpha value is -3.62. The van der Waals surface area contributed by atoms with Gasteiger partial charge in [0.2, 0.25) is 17.6 Å². The van der Waals surface area contributed by atoms with E-state index in [1.54, 1.807) is 18.2 Å². The Bertz CT molecular complexity index is 904. The number of nitrogens with zero attached hydrogens (tertiary/aromatic N) is 2. The van der Waals surface area contributed by atoms with Crippen molar-refractivity contribution in [2.45, 2.75) is 12.8 Å². The van der Waals surface area contributed by atoms with E-state index >= 15 is 0 Å². The minimum Gasteiger partial charge on any atom is -0.507 e. The number of para-hydroxylation sites is 1. The zero-order valence-corrected chi connectivity index (χ0v) is 14.3. The Kier molecular flexibility index (Phi) is 5.83. The molecule has 2 aromatic heterocycles. The molecule has 0 saturated carbocycles. The first-order valence-electron chi connectivity index (χ1n) is 8.31. The van der Waals surface area contributed by atoms with Gasteiger partial charge in [0.25, 0.3) is 5.91 Å². The van der Waals surface area contributed by atoms with Crippen LogP contribution in [0.5, 0.6) is 5.75 Å². The number of aromatic nitrogens is 2. The maximum atomic E-state index is 11.9. The van der Waals surface area contributed by atoms with Gasteiger partial charge in [0, 0.05) is 25.9 Å². The van der Waals surface area contributed by atoms with Crippen LogP contribution in [0.4, 0.5) is 0 Å². The van der Waals surface area contributed by atoms with E-state index in [4.69, 9.17) is 8.94 Å². The van der Waals surface area contributed by atoms with Crippen LogP contribution in [0.15, 0.2) is 51.8 Å². The quantitative estimate of drug-likeness (QED) is 0.512. The van der Waals surface area contributed by atoms with Crippen LogP contribution in [-0.2, 0) is 11.2 Å².